The summed E-state index contributed by atoms with van der Waals surface area (Å²) in [5, 5.41) is 18.1. The van der Waals surface area contributed by atoms with E-state index in [9.17, 15) is 14.9 Å². The monoisotopic (exact) mass is 351 g/mol. The molecule has 1 N–H and O–H groups in total. The first-order valence-corrected chi connectivity index (χ1v) is 7.92. The lowest BCUT2D eigenvalue weighted by Gasteiger charge is -2.12. The van der Waals surface area contributed by atoms with Crippen LogP contribution in [0.1, 0.15) is 27.2 Å². The molecule has 2 aromatic heterocycles. The van der Waals surface area contributed by atoms with Crippen LogP contribution in [0.15, 0.2) is 42.7 Å². The van der Waals surface area contributed by atoms with Crippen molar-refractivity contribution in [2.24, 2.45) is 0 Å². The summed E-state index contributed by atoms with van der Waals surface area (Å²) in [4.78, 5) is 27.6. The molecule has 3 rings (SSSR count). The summed E-state index contributed by atoms with van der Waals surface area (Å²) in [6, 6.07) is 8.47. The van der Waals surface area contributed by atoms with Gasteiger partial charge in [-0.1, -0.05) is 12.1 Å². The van der Waals surface area contributed by atoms with Gasteiger partial charge in [-0.25, -0.2) is 9.67 Å². The maximum absolute atomic E-state index is 12.7. The maximum atomic E-state index is 12.7. The van der Waals surface area contributed by atoms with Crippen molar-refractivity contribution in [2.75, 3.05) is 5.32 Å². The number of hydrogen-bond donors (Lipinski definition) is 1. The third-order valence-corrected chi connectivity index (χ3v) is 4.20. The summed E-state index contributed by atoms with van der Waals surface area (Å²) >= 11 is 0. The van der Waals surface area contributed by atoms with Crippen molar-refractivity contribution >= 4 is 17.3 Å². The van der Waals surface area contributed by atoms with Gasteiger partial charge in [-0.15, -0.1) is 0 Å². The second-order valence-electron chi connectivity index (χ2n) is 5.86. The van der Waals surface area contributed by atoms with E-state index in [0.717, 1.165) is 5.56 Å². The quantitative estimate of drug-likeness (QED) is 0.573. The summed E-state index contributed by atoms with van der Waals surface area (Å²) < 4.78 is 1.57. The van der Waals surface area contributed by atoms with E-state index < -0.39 is 4.92 Å². The average Bonchev–Trinajstić information content (AvgIpc) is 3.00. The van der Waals surface area contributed by atoms with Crippen LogP contribution in [-0.4, -0.2) is 25.6 Å². The van der Waals surface area contributed by atoms with Crippen molar-refractivity contribution in [1.82, 2.24) is 14.8 Å². The molecule has 3 aromatic rings. The average molecular weight is 351 g/mol. The van der Waals surface area contributed by atoms with Gasteiger partial charge in [0.25, 0.3) is 11.6 Å². The van der Waals surface area contributed by atoms with Gasteiger partial charge in [0.1, 0.15) is 0 Å². The van der Waals surface area contributed by atoms with Crippen LogP contribution in [0, 0.1) is 30.9 Å². The molecule has 8 heteroatoms. The predicted molar refractivity (Wildman–Crippen MR) is 96.6 cm³/mol. The third kappa shape index (κ3) is 3.04. The molecule has 0 atom stereocenters. The van der Waals surface area contributed by atoms with Crippen LogP contribution in [0.2, 0.25) is 0 Å². The molecule has 26 heavy (non-hydrogen) atoms. The van der Waals surface area contributed by atoms with Gasteiger partial charge in [-0.3, -0.25) is 14.9 Å². The molecule has 1 amide bonds. The second kappa shape index (κ2) is 6.75. The van der Waals surface area contributed by atoms with Crippen LogP contribution in [0.5, 0.6) is 0 Å². The number of rotatable bonds is 4. The van der Waals surface area contributed by atoms with Crippen molar-refractivity contribution in [3.05, 3.63) is 75.2 Å². The fraction of sp³-hybridized carbons (Fsp3) is 0.167. The minimum atomic E-state index is -0.464. The number of pyridine rings is 1. The molecule has 2 heterocycles. The number of aryl methyl sites for hydroxylation is 1. The van der Waals surface area contributed by atoms with Gasteiger partial charge in [0.15, 0.2) is 5.82 Å². The topological polar surface area (TPSA) is 103 Å². The number of hydrogen-bond acceptors (Lipinski definition) is 5. The molecule has 0 radical (unpaired) electrons. The lowest BCUT2D eigenvalue weighted by atomic mass is 10.1. The Balaban J connectivity index is 1.94. The van der Waals surface area contributed by atoms with Gasteiger partial charge in [-0.05, 0) is 38.5 Å². The number of nitrogens with one attached hydrogen (secondary N) is 1. The zero-order valence-corrected chi connectivity index (χ0v) is 14.6. The lowest BCUT2D eigenvalue weighted by molar-refractivity contribution is -0.385. The van der Waals surface area contributed by atoms with Gasteiger partial charge in [0.05, 0.1) is 33.6 Å². The highest BCUT2D eigenvalue weighted by Gasteiger charge is 2.20. The van der Waals surface area contributed by atoms with Crippen LogP contribution in [-0.2, 0) is 0 Å². The third-order valence-electron chi connectivity index (χ3n) is 4.20. The van der Waals surface area contributed by atoms with Crippen molar-refractivity contribution in [2.45, 2.75) is 20.8 Å². The van der Waals surface area contributed by atoms with E-state index in [4.69, 9.17) is 0 Å². The van der Waals surface area contributed by atoms with E-state index in [-0.39, 0.29) is 11.6 Å². The van der Waals surface area contributed by atoms with Gasteiger partial charge < -0.3 is 5.32 Å². The number of amides is 1. The van der Waals surface area contributed by atoms with E-state index >= 15 is 0 Å². The van der Waals surface area contributed by atoms with E-state index in [1.54, 1.807) is 49.8 Å². The molecule has 0 aliphatic heterocycles. The minimum absolute atomic E-state index is 0.0354. The number of aromatic nitrogens is 3. The molecular weight excluding hydrogens is 334 g/mol. The van der Waals surface area contributed by atoms with Crippen molar-refractivity contribution in [1.29, 1.82) is 0 Å². The normalized spacial score (nSPS) is 10.6. The number of anilines is 1. The van der Waals surface area contributed by atoms with Crippen LogP contribution in [0.25, 0.3) is 5.82 Å². The molecule has 0 aliphatic rings. The van der Waals surface area contributed by atoms with Crippen LogP contribution in [0.3, 0.4) is 0 Å². The molecule has 0 unspecified atom stereocenters. The predicted octanol–water partition coefficient (Wildman–Crippen LogP) is 3.35. The molecule has 0 saturated heterocycles. The first-order valence-electron chi connectivity index (χ1n) is 7.92. The second-order valence-corrected chi connectivity index (χ2v) is 5.86. The molecule has 0 saturated carbocycles. The van der Waals surface area contributed by atoms with Gasteiger partial charge in [-0.2, -0.15) is 5.10 Å². The first kappa shape index (κ1) is 17.3. The highest BCUT2D eigenvalue weighted by atomic mass is 16.6. The molecule has 0 fully saturated rings. The SMILES string of the molecule is Cc1ccc([N+](=O)[O-])c(C)c1NC(=O)c1cnn(-c2ccccn2)c1C. The molecular formula is C18H17N5O3. The highest BCUT2D eigenvalue weighted by molar-refractivity contribution is 6.06. The van der Waals surface area contributed by atoms with Gasteiger partial charge in [0, 0.05) is 12.3 Å². The lowest BCUT2D eigenvalue weighted by Crippen LogP contribution is -2.15. The molecule has 0 spiro atoms. The van der Waals surface area contributed by atoms with Crippen LogP contribution < -0.4 is 5.32 Å². The molecule has 0 aliphatic carbocycles. The molecule has 8 nitrogen and oxygen atoms in total. The zero-order chi connectivity index (χ0) is 18.8. The Bertz CT molecular complexity index is 996. The van der Waals surface area contributed by atoms with E-state index in [2.05, 4.69) is 15.4 Å². The summed E-state index contributed by atoms with van der Waals surface area (Å²) in [5.41, 5.74) is 2.57. The molecule has 132 valence electrons. The van der Waals surface area contributed by atoms with Crippen LogP contribution in [0.4, 0.5) is 11.4 Å². The number of nitro benzene ring substituents is 1. The Morgan fingerprint density at radius 3 is 2.62 bits per heavy atom. The zero-order valence-electron chi connectivity index (χ0n) is 14.6. The molecule has 1 aromatic carbocycles. The largest absolute Gasteiger partial charge is 0.321 e. The van der Waals surface area contributed by atoms with Gasteiger partial charge in [0.2, 0.25) is 0 Å². The Hall–Kier alpha value is -3.55. The Labute approximate surface area is 149 Å². The number of carbonyl (C=O) groups is 1. The summed E-state index contributed by atoms with van der Waals surface area (Å²) in [6.07, 6.45) is 3.10. The fourth-order valence-electron chi connectivity index (χ4n) is 2.75. The van der Waals surface area contributed by atoms with E-state index in [1.807, 2.05) is 6.07 Å². The highest BCUT2D eigenvalue weighted by Crippen LogP contribution is 2.29. The Kier molecular flexibility index (Phi) is 4.49. The summed E-state index contributed by atoms with van der Waals surface area (Å²) in [5.74, 6) is 0.225. The summed E-state index contributed by atoms with van der Waals surface area (Å²) in [7, 11) is 0. The van der Waals surface area contributed by atoms with E-state index in [1.165, 1.54) is 12.3 Å². The number of nitro groups is 1. The maximum Gasteiger partial charge on any atom is 0.274 e. The number of benzene rings is 1. The van der Waals surface area contributed by atoms with Crippen LogP contribution >= 0.6 is 0 Å². The van der Waals surface area contributed by atoms with Crippen molar-refractivity contribution < 1.29 is 9.72 Å². The first-order chi connectivity index (χ1) is 12.4. The fourth-order valence-corrected chi connectivity index (χ4v) is 2.75. The standard InChI is InChI=1S/C18H17N5O3/c1-11-7-8-15(23(25)26)12(2)17(11)21-18(24)14-10-20-22(13(14)3)16-6-4-5-9-19-16/h4-10H,1-3H3,(H,21,24). The summed E-state index contributed by atoms with van der Waals surface area (Å²) in [6.45, 7) is 5.17. The van der Waals surface area contributed by atoms with Crippen molar-refractivity contribution in [3.8, 4) is 5.82 Å². The number of nitrogens with zero attached hydrogens (tertiary/aromatic N) is 4. The van der Waals surface area contributed by atoms with Gasteiger partial charge >= 0.3 is 0 Å². The Morgan fingerprint density at radius 1 is 1.19 bits per heavy atom. The van der Waals surface area contributed by atoms with Crippen molar-refractivity contribution in [3.63, 3.8) is 0 Å². The van der Waals surface area contributed by atoms with E-state index in [0.29, 0.717) is 28.3 Å². The number of carbonyl (C=O) groups excluding carboxylic acids is 1. The smallest absolute Gasteiger partial charge is 0.274 e. The minimum Gasteiger partial charge on any atom is -0.321 e. The Morgan fingerprint density at radius 2 is 1.96 bits per heavy atom. The molecule has 0 bridgehead atoms.